The first-order valence-corrected chi connectivity index (χ1v) is 5.19. The second-order valence-electron chi connectivity index (χ2n) is 4.00. The molecule has 0 aliphatic carbocycles. The van der Waals surface area contributed by atoms with Gasteiger partial charge >= 0.3 is 0 Å². The molecule has 0 aromatic carbocycles. The molecule has 1 aromatic rings. The Morgan fingerprint density at radius 1 is 1.67 bits per heavy atom. The Hall–Kier alpha value is -1.36. The highest BCUT2D eigenvalue weighted by Crippen LogP contribution is 2.18. The predicted molar refractivity (Wildman–Crippen MR) is 58.9 cm³/mol. The molecule has 0 radical (unpaired) electrons. The van der Waals surface area contributed by atoms with Crippen molar-refractivity contribution in [2.45, 2.75) is 6.42 Å². The van der Waals surface area contributed by atoms with E-state index in [0.717, 1.165) is 19.5 Å². The minimum absolute atomic E-state index is 0.0322. The molecule has 1 aliphatic rings. The third-order valence-electron chi connectivity index (χ3n) is 2.92. The van der Waals surface area contributed by atoms with E-state index >= 15 is 0 Å². The molecule has 5 heteroatoms. The molecule has 1 aromatic heterocycles. The number of rotatable bonds is 2. The van der Waals surface area contributed by atoms with Crippen molar-refractivity contribution >= 4 is 5.82 Å². The van der Waals surface area contributed by atoms with Gasteiger partial charge in [0.25, 0.3) is 5.56 Å². The van der Waals surface area contributed by atoms with Gasteiger partial charge < -0.3 is 15.2 Å². The lowest BCUT2D eigenvalue weighted by atomic mass is 10.1. The summed E-state index contributed by atoms with van der Waals surface area (Å²) in [6.07, 6.45) is 4.38. The molecule has 2 heterocycles. The molecule has 0 amide bonds. The Bertz CT molecular complexity index is 401. The molecule has 5 nitrogen and oxygen atoms in total. The largest absolute Gasteiger partial charge is 0.352 e. The number of nitrogens with zero attached hydrogens (tertiary/aromatic N) is 3. The number of hydrogen-bond acceptors (Lipinski definition) is 4. The zero-order valence-electron chi connectivity index (χ0n) is 8.89. The van der Waals surface area contributed by atoms with Crippen molar-refractivity contribution in [2.24, 2.45) is 18.7 Å². The number of anilines is 1. The van der Waals surface area contributed by atoms with Gasteiger partial charge in [-0.15, -0.1) is 0 Å². The van der Waals surface area contributed by atoms with Crippen molar-refractivity contribution in [1.29, 1.82) is 0 Å². The van der Waals surface area contributed by atoms with Gasteiger partial charge in [0.2, 0.25) is 0 Å². The van der Waals surface area contributed by atoms with E-state index in [-0.39, 0.29) is 5.56 Å². The molecule has 0 spiro atoms. The van der Waals surface area contributed by atoms with E-state index < -0.39 is 0 Å². The SMILES string of the molecule is Cn1ccnc(N2CCC(CN)C2)c1=O. The van der Waals surface area contributed by atoms with Crippen LogP contribution in [0, 0.1) is 5.92 Å². The van der Waals surface area contributed by atoms with Crippen LogP contribution in [0.25, 0.3) is 0 Å². The fraction of sp³-hybridized carbons (Fsp3) is 0.600. The highest BCUT2D eigenvalue weighted by Gasteiger charge is 2.24. The molecule has 1 saturated heterocycles. The van der Waals surface area contributed by atoms with Crippen molar-refractivity contribution in [3.63, 3.8) is 0 Å². The van der Waals surface area contributed by atoms with Gasteiger partial charge in [-0.25, -0.2) is 4.98 Å². The van der Waals surface area contributed by atoms with Gasteiger partial charge in [-0.1, -0.05) is 0 Å². The molecule has 2 rings (SSSR count). The highest BCUT2D eigenvalue weighted by molar-refractivity contribution is 5.37. The van der Waals surface area contributed by atoms with E-state index in [2.05, 4.69) is 4.98 Å². The summed E-state index contributed by atoms with van der Waals surface area (Å²) in [6, 6.07) is 0. The summed E-state index contributed by atoms with van der Waals surface area (Å²) in [6.45, 7) is 2.42. The van der Waals surface area contributed by atoms with E-state index in [1.54, 1.807) is 24.0 Å². The standard InChI is InChI=1S/C10H16N4O/c1-13-5-3-12-9(10(13)15)14-4-2-8(6-11)7-14/h3,5,8H,2,4,6-7,11H2,1H3. The lowest BCUT2D eigenvalue weighted by Gasteiger charge is -2.16. The van der Waals surface area contributed by atoms with Crippen LogP contribution in [0.2, 0.25) is 0 Å². The number of aryl methyl sites for hydroxylation is 1. The predicted octanol–water partition coefficient (Wildman–Crippen LogP) is -0.435. The first kappa shape index (κ1) is 10.2. The smallest absolute Gasteiger partial charge is 0.293 e. The molecule has 2 N–H and O–H groups in total. The van der Waals surface area contributed by atoms with Crippen LogP contribution in [-0.4, -0.2) is 29.2 Å². The quantitative estimate of drug-likeness (QED) is 0.716. The van der Waals surface area contributed by atoms with Gasteiger partial charge in [-0.05, 0) is 18.9 Å². The van der Waals surface area contributed by atoms with Crippen LogP contribution in [0.1, 0.15) is 6.42 Å². The summed E-state index contributed by atoms with van der Waals surface area (Å²) < 4.78 is 1.55. The highest BCUT2D eigenvalue weighted by atomic mass is 16.1. The Balaban J connectivity index is 2.24. The minimum Gasteiger partial charge on any atom is -0.352 e. The first-order chi connectivity index (χ1) is 7.22. The lowest BCUT2D eigenvalue weighted by Crippen LogP contribution is -2.31. The molecule has 0 saturated carbocycles. The maximum absolute atomic E-state index is 11.8. The molecule has 1 unspecified atom stereocenters. The lowest BCUT2D eigenvalue weighted by molar-refractivity contribution is 0.602. The van der Waals surface area contributed by atoms with Gasteiger partial charge in [0.15, 0.2) is 5.82 Å². The topological polar surface area (TPSA) is 64.2 Å². The van der Waals surface area contributed by atoms with E-state index in [1.165, 1.54) is 0 Å². The summed E-state index contributed by atoms with van der Waals surface area (Å²) in [5.41, 5.74) is 5.58. The zero-order chi connectivity index (χ0) is 10.8. The van der Waals surface area contributed by atoms with Crippen LogP contribution < -0.4 is 16.2 Å². The Morgan fingerprint density at radius 3 is 3.13 bits per heavy atom. The van der Waals surface area contributed by atoms with E-state index in [1.807, 2.05) is 4.90 Å². The molecule has 82 valence electrons. The molecule has 1 atom stereocenters. The van der Waals surface area contributed by atoms with Gasteiger partial charge in [0.1, 0.15) is 0 Å². The summed E-state index contributed by atoms with van der Waals surface area (Å²) in [5.74, 6) is 1.05. The van der Waals surface area contributed by atoms with Crippen LogP contribution in [0.3, 0.4) is 0 Å². The molecular formula is C10H16N4O. The van der Waals surface area contributed by atoms with Gasteiger partial charge in [-0.3, -0.25) is 4.79 Å². The summed E-state index contributed by atoms with van der Waals surface area (Å²) in [5, 5.41) is 0. The first-order valence-electron chi connectivity index (χ1n) is 5.19. The van der Waals surface area contributed by atoms with Crippen LogP contribution in [-0.2, 0) is 7.05 Å². The molecule has 1 fully saturated rings. The monoisotopic (exact) mass is 208 g/mol. The Kier molecular flexibility index (Phi) is 2.73. The van der Waals surface area contributed by atoms with Crippen LogP contribution in [0.15, 0.2) is 17.2 Å². The van der Waals surface area contributed by atoms with Gasteiger partial charge in [0, 0.05) is 32.5 Å². The van der Waals surface area contributed by atoms with Crippen LogP contribution in [0.4, 0.5) is 5.82 Å². The van der Waals surface area contributed by atoms with E-state index in [4.69, 9.17) is 5.73 Å². The second-order valence-corrected chi connectivity index (χ2v) is 4.00. The fourth-order valence-electron chi connectivity index (χ4n) is 1.92. The minimum atomic E-state index is -0.0322. The fourth-order valence-corrected chi connectivity index (χ4v) is 1.92. The van der Waals surface area contributed by atoms with Crippen molar-refractivity contribution in [1.82, 2.24) is 9.55 Å². The summed E-state index contributed by atoms with van der Waals surface area (Å²) >= 11 is 0. The average Bonchev–Trinajstić information content (AvgIpc) is 2.70. The Labute approximate surface area is 88.5 Å². The number of aromatic nitrogens is 2. The third kappa shape index (κ3) is 1.87. The summed E-state index contributed by atoms with van der Waals surface area (Å²) in [7, 11) is 1.74. The van der Waals surface area contributed by atoms with Crippen LogP contribution in [0.5, 0.6) is 0 Å². The van der Waals surface area contributed by atoms with Crippen molar-refractivity contribution < 1.29 is 0 Å². The van der Waals surface area contributed by atoms with Crippen LogP contribution >= 0.6 is 0 Å². The maximum Gasteiger partial charge on any atom is 0.293 e. The zero-order valence-corrected chi connectivity index (χ0v) is 8.89. The third-order valence-corrected chi connectivity index (χ3v) is 2.92. The Morgan fingerprint density at radius 2 is 2.47 bits per heavy atom. The van der Waals surface area contributed by atoms with Gasteiger partial charge in [0.05, 0.1) is 0 Å². The normalized spacial score (nSPS) is 20.9. The molecule has 1 aliphatic heterocycles. The number of nitrogens with two attached hydrogens (primary N) is 1. The van der Waals surface area contributed by atoms with E-state index in [9.17, 15) is 4.79 Å². The molecule has 15 heavy (non-hydrogen) atoms. The van der Waals surface area contributed by atoms with Crippen molar-refractivity contribution in [2.75, 3.05) is 24.5 Å². The van der Waals surface area contributed by atoms with Gasteiger partial charge in [-0.2, -0.15) is 0 Å². The number of hydrogen-bond donors (Lipinski definition) is 1. The summed E-state index contributed by atoms with van der Waals surface area (Å²) in [4.78, 5) is 17.9. The molecule has 0 bridgehead atoms. The maximum atomic E-state index is 11.8. The van der Waals surface area contributed by atoms with E-state index in [0.29, 0.717) is 18.3 Å². The molecular weight excluding hydrogens is 192 g/mol. The van der Waals surface area contributed by atoms with Crippen molar-refractivity contribution in [3.05, 3.63) is 22.7 Å². The van der Waals surface area contributed by atoms with Crippen molar-refractivity contribution in [3.8, 4) is 0 Å². The second kappa shape index (κ2) is 4.02. The average molecular weight is 208 g/mol.